The van der Waals surface area contributed by atoms with E-state index in [1.54, 1.807) is 32.2 Å². The first-order valence-corrected chi connectivity index (χ1v) is 10.7. The number of anilines is 2. The maximum Gasteiger partial charge on any atom is 0.263 e. The fourth-order valence-corrected chi connectivity index (χ4v) is 3.53. The van der Waals surface area contributed by atoms with E-state index in [4.69, 9.17) is 32.7 Å². The predicted octanol–water partition coefficient (Wildman–Crippen LogP) is 3.69. The second kappa shape index (κ2) is 10.7. The zero-order valence-corrected chi connectivity index (χ0v) is 18.9. The summed E-state index contributed by atoms with van der Waals surface area (Å²) in [5, 5.41) is 3.39. The molecule has 1 N–H and O–H groups in total. The fraction of sp³-hybridized carbons (Fsp3) is 0.364. The van der Waals surface area contributed by atoms with Crippen molar-refractivity contribution in [3.8, 4) is 5.75 Å². The molecular formula is C22H25Cl2N3O4. The minimum atomic E-state index is -0.832. The largest absolute Gasteiger partial charge is 0.479 e. The molecule has 9 heteroatoms. The molecule has 7 nitrogen and oxygen atoms in total. The van der Waals surface area contributed by atoms with Crippen LogP contribution in [-0.4, -0.2) is 62.7 Å². The summed E-state index contributed by atoms with van der Waals surface area (Å²) < 4.78 is 11.0. The highest BCUT2D eigenvalue weighted by atomic mass is 35.5. The summed E-state index contributed by atoms with van der Waals surface area (Å²) in [6.45, 7) is 4.60. The molecule has 1 atom stereocenters. The van der Waals surface area contributed by atoms with E-state index < -0.39 is 6.10 Å². The standard InChI is InChI=1S/C22H25Cl2N3O4/c1-15(31-19-5-3-4-18(23)21(19)24)22(29)26(2)14-20(28)25-16-6-8-17(9-7-16)27-10-12-30-13-11-27/h3-9,15H,10-14H2,1-2H3,(H,25,28). The Morgan fingerprint density at radius 2 is 1.84 bits per heavy atom. The number of likely N-dealkylation sites (N-methyl/N-ethyl adjacent to an activating group) is 1. The quantitative estimate of drug-likeness (QED) is 0.674. The van der Waals surface area contributed by atoms with E-state index in [9.17, 15) is 9.59 Å². The average Bonchev–Trinajstić information content (AvgIpc) is 2.77. The molecule has 1 fully saturated rings. The number of nitrogens with zero attached hydrogens (tertiary/aromatic N) is 2. The van der Waals surface area contributed by atoms with E-state index >= 15 is 0 Å². The highest BCUT2D eigenvalue weighted by molar-refractivity contribution is 6.42. The van der Waals surface area contributed by atoms with Gasteiger partial charge in [0.25, 0.3) is 5.91 Å². The van der Waals surface area contributed by atoms with Gasteiger partial charge in [-0.1, -0.05) is 29.3 Å². The van der Waals surface area contributed by atoms with Crippen LogP contribution in [0.4, 0.5) is 11.4 Å². The summed E-state index contributed by atoms with van der Waals surface area (Å²) in [6.07, 6.45) is -0.832. The van der Waals surface area contributed by atoms with Crippen LogP contribution in [0.5, 0.6) is 5.75 Å². The minimum absolute atomic E-state index is 0.110. The van der Waals surface area contributed by atoms with Crippen molar-refractivity contribution in [3.63, 3.8) is 0 Å². The smallest absolute Gasteiger partial charge is 0.263 e. The van der Waals surface area contributed by atoms with Gasteiger partial charge in [-0.25, -0.2) is 0 Å². The Bertz CT molecular complexity index is 917. The molecule has 0 bridgehead atoms. The molecule has 31 heavy (non-hydrogen) atoms. The third-order valence-corrected chi connectivity index (χ3v) is 5.65. The van der Waals surface area contributed by atoms with Gasteiger partial charge in [-0.3, -0.25) is 9.59 Å². The molecule has 1 saturated heterocycles. The first kappa shape index (κ1) is 23.2. The summed E-state index contributed by atoms with van der Waals surface area (Å²) in [5.41, 5.74) is 1.75. The van der Waals surface area contributed by atoms with E-state index in [0.717, 1.165) is 18.8 Å². The Kier molecular flexibility index (Phi) is 8.01. The molecule has 2 amide bonds. The molecule has 1 heterocycles. The van der Waals surface area contributed by atoms with Crippen molar-refractivity contribution >= 4 is 46.4 Å². The first-order valence-electron chi connectivity index (χ1n) is 9.93. The number of morpholine rings is 1. The third-order valence-electron chi connectivity index (χ3n) is 4.85. The molecule has 0 spiro atoms. The molecule has 0 aromatic heterocycles. The Hall–Kier alpha value is -2.48. The number of carbonyl (C=O) groups excluding carboxylic acids is 2. The van der Waals surface area contributed by atoms with Gasteiger partial charge in [-0.2, -0.15) is 0 Å². The van der Waals surface area contributed by atoms with Gasteiger partial charge in [0.1, 0.15) is 10.8 Å². The Labute approximate surface area is 191 Å². The summed E-state index contributed by atoms with van der Waals surface area (Å²) in [4.78, 5) is 28.5. The van der Waals surface area contributed by atoms with Crippen molar-refractivity contribution in [1.29, 1.82) is 0 Å². The van der Waals surface area contributed by atoms with Crippen molar-refractivity contribution in [2.45, 2.75) is 13.0 Å². The second-order valence-electron chi connectivity index (χ2n) is 7.20. The van der Waals surface area contributed by atoms with Gasteiger partial charge in [-0.05, 0) is 43.3 Å². The highest BCUT2D eigenvalue weighted by Crippen LogP contribution is 2.32. The van der Waals surface area contributed by atoms with E-state index in [1.165, 1.54) is 4.90 Å². The number of rotatable bonds is 7. The van der Waals surface area contributed by atoms with Gasteiger partial charge in [0.15, 0.2) is 6.10 Å². The maximum absolute atomic E-state index is 12.6. The highest BCUT2D eigenvalue weighted by Gasteiger charge is 2.22. The molecule has 3 rings (SSSR count). The molecule has 0 aliphatic carbocycles. The number of halogens is 2. The first-order chi connectivity index (χ1) is 14.8. The van der Waals surface area contributed by atoms with Crippen molar-refractivity contribution in [2.24, 2.45) is 0 Å². The van der Waals surface area contributed by atoms with Crippen LogP contribution in [0.15, 0.2) is 42.5 Å². The van der Waals surface area contributed by atoms with Gasteiger partial charge < -0.3 is 24.6 Å². The molecular weight excluding hydrogens is 441 g/mol. The maximum atomic E-state index is 12.6. The zero-order chi connectivity index (χ0) is 22.4. The van der Waals surface area contributed by atoms with E-state index in [1.807, 2.05) is 24.3 Å². The lowest BCUT2D eigenvalue weighted by atomic mass is 10.2. The van der Waals surface area contributed by atoms with Gasteiger partial charge in [0, 0.05) is 31.5 Å². The molecule has 0 radical (unpaired) electrons. The molecule has 1 unspecified atom stereocenters. The Morgan fingerprint density at radius 1 is 1.16 bits per heavy atom. The number of benzene rings is 2. The topological polar surface area (TPSA) is 71.1 Å². The molecule has 1 aliphatic heterocycles. The molecule has 166 valence electrons. The molecule has 2 aromatic rings. The van der Waals surface area contributed by atoms with Crippen molar-refractivity contribution in [2.75, 3.05) is 50.1 Å². The summed E-state index contributed by atoms with van der Waals surface area (Å²) in [6, 6.07) is 12.6. The lowest BCUT2D eigenvalue weighted by Gasteiger charge is -2.29. The number of hydrogen-bond donors (Lipinski definition) is 1. The van der Waals surface area contributed by atoms with Gasteiger partial charge >= 0.3 is 0 Å². The van der Waals surface area contributed by atoms with Crippen LogP contribution in [0.2, 0.25) is 10.0 Å². The lowest BCUT2D eigenvalue weighted by Crippen LogP contribution is -2.42. The van der Waals surface area contributed by atoms with Crippen LogP contribution in [0, 0.1) is 0 Å². The van der Waals surface area contributed by atoms with Crippen LogP contribution >= 0.6 is 23.2 Å². The van der Waals surface area contributed by atoms with E-state index in [0.29, 0.717) is 29.7 Å². The van der Waals surface area contributed by atoms with Crippen molar-refractivity contribution < 1.29 is 19.1 Å². The van der Waals surface area contributed by atoms with Gasteiger partial charge in [-0.15, -0.1) is 0 Å². The summed E-state index contributed by atoms with van der Waals surface area (Å²) >= 11 is 12.1. The predicted molar refractivity (Wildman–Crippen MR) is 122 cm³/mol. The lowest BCUT2D eigenvalue weighted by molar-refractivity contribution is -0.139. The molecule has 0 saturated carbocycles. The van der Waals surface area contributed by atoms with Gasteiger partial charge in [0.05, 0.1) is 24.8 Å². The van der Waals surface area contributed by atoms with Crippen molar-refractivity contribution in [3.05, 3.63) is 52.5 Å². The van der Waals surface area contributed by atoms with Crippen LogP contribution in [0.1, 0.15) is 6.92 Å². The van der Waals surface area contributed by atoms with Crippen LogP contribution in [0.25, 0.3) is 0 Å². The average molecular weight is 466 g/mol. The van der Waals surface area contributed by atoms with Gasteiger partial charge in [0.2, 0.25) is 5.91 Å². The second-order valence-corrected chi connectivity index (χ2v) is 7.99. The number of ether oxygens (including phenoxy) is 2. The van der Waals surface area contributed by atoms with Crippen molar-refractivity contribution in [1.82, 2.24) is 4.90 Å². The number of nitrogens with one attached hydrogen (secondary N) is 1. The Morgan fingerprint density at radius 3 is 2.52 bits per heavy atom. The monoisotopic (exact) mass is 465 g/mol. The normalized spacial score (nSPS) is 14.6. The van der Waals surface area contributed by atoms with Crippen LogP contribution in [0.3, 0.4) is 0 Å². The zero-order valence-electron chi connectivity index (χ0n) is 17.4. The molecule has 1 aliphatic rings. The molecule has 2 aromatic carbocycles. The van der Waals surface area contributed by atoms with Crippen LogP contribution in [-0.2, 0) is 14.3 Å². The summed E-state index contributed by atoms with van der Waals surface area (Å²) in [5.74, 6) is -0.343. The number of carbonyl (C=O) groups is 2. The Balaban J connectivity index is 1.51. The summed E-state index contributed by atoms with van der Waals surface area (Å²) in [7, 11) is 1.54. The minimum Gasteiger partial charge on any atom is -0.479 e. The SMILES string of the molecule is CC(Oc1cccc(Cl)c1Cl)C(=O)N(C)CC(=O)Nc1ccc(N2CCOCC2)cc1. The van der Waals surface area contributed by atoms with E-state index in [-0.39, 0.29) is 23.4 Å². The van der Waals surface area contributed by atoms with E-state index in [2.05, 4.69) is 10.2 Å². The third kappa shape index (κ3) is 6.26. The number of hydrogen-bond acceptors (Lipinski definition) is 5. The number of amides is 2. The van der Waals surface area contributed by atoms with Crippen LogP contribution < -0.4 is 15.0 Å². The fourth-order valence-electron chi connectivity index (χ4n) is 3.20.